The Morgan fingerprint density at radius 1 is 1.53 bits per heavy atom. The highest BCUT2D eigenvalue weighted by Crippen LogP contribution is 2.40. The van der Waals surface area contributed by atoms with Crippen molar-refractivity contribution in [3.63, 3.8) is 0 Å². The van der Waals surface area contributed by atoms with E-state index in [9.17, 15) is 9.59 Å². The van der Waals surface area contributed by atoms with E-state index in [0.29, 0.717) is 17.6 Å². The van der Waals surface area contributed by atoms with Gasteiger partial charge in [-0.1, -0.05) is 0 Å². The quantitative estimate of drug-likeness (QED) is 0.845. The second-order valence-electron chi connectivity index (χ2n) is 4.55. The van der Waals surface area contributed by atoms with Crippen LogP contribution in [0.25, 0.3) is 0 Å². The monoisotopic (exact) mass is 251 g/mol. The van der Waals surface area contributed by atoms with E-state index in [1.54, 1.807) is 0 Å². The average molecular weight is 251 g/mol. The van der Waals surface area contributed by atoms with Crippen LogP contribution in [0.2, 0.25) is 0 Å². The lowest BCUT2D eigenvalue weighted by Crippen LogP contribution is -2.24. The Bertz CT molecular complexity index is 467. The van der Waals surface area contributed by atoms with Gasteiger partial charge in [0.25, 0.3) is 0 Å². The third-order valence-electron chi connectivity index (χ3n) is 3.10. The molecule has 1 aromatic rings. The molecular formula is C11H13N3O2S. The van der Waals surface area contributed by atoms with Gasteiger partial charge in [0.05, 0.1) is 11.6 Å². The molecule has 0 spiro atoms. The number of hydrogen-bond donors (Lipinski definition) is 2. The Labute approximate surface area is 103 Å². The molecular weight excluding hydrogens is 238 g/mol. The molecule has 1 saturated heterocycles. The highest BCUT2D eigenvalue weighted by atomic mass is 32.1. The van der Waals surface area contributed by atoms with Crippen LogP contribution in [-0.2, 0) is 9.59 Å². The zero-order valence-electron chi connectivity index (χ0n) is 9.23. The minimum Gasteiger partial charge on any atom is -0.355 e. The fourth-order valence-electron chi connectivity index (χ4n) is 1.91. The van der Waals surface area contributed by atoms with Crippen molar-refractivity contribution in [1.82, 2.24) is 10.3 Å². The molecule has 2 aliphatic rings. The maximum absolute atomic E-state index is 11.8. The van der Waals surface area contributed by atoms with Gasteiger partial charge in [-0.3, -0.25) is 9.59 Å². The van der Waals surface area contributed by atoms with Gasteiger partial charge in [0.1, 0.15) is 0 Å². The van der Waals surface area contributed by atoms with Gasteiger partial charge in [0, 0.05) is 24.3 Å². The summed E-state index contributed by atoms with van der Waals surface area (Å²) in [5, 5.41) is 8.09. The van der Waals surface area contributed by atoms with Crippen molar-refractivity contribution in [2.45, 2.75) is 25.2 Å². The van der Waals surface area contributed by atoms with Crippen LogP contribution >= 0.6 is 11.3 Å². The van der Waals surface area contributed by atoms with Crippen LogP contribution in [0.5, 0.6) is 0 Å². The van der Waals surface area contributed by atoms with Crippen LogP contribution in [0.4, 0.5) is 5.13 Å². The molecule has 1 saturated carbocycles. The molecule has 0 radical (unpaired) electrons. The summed E-state index contributed by atoms with van der Waals surface area (Å²) in [6, 6.07) is 0. The van der Waals surface area contributed by atoms with Crippen molar-refractivity contribution in [3.05, 3.63) is 11.1 Å². The fraction of sp³-hybridized carbons (Fsp3) is 0.545. The first-order valence-corrected chi connectivity index (χ1v) is 6.63. The second-order valence-corrected chi connectivity index (χ2v) is 5.40. The maximum Gasteiger partial charge on any atom is 0.231 e. The summed E-state index contributed by atoms with van der Waals surface area (Å²) in [6.45, 7) is 0.436. The van der Waals surface area contributed by atoms with Gasteiger partial charge in [0.2, 0.25) is 11.8 Å². The van der Waals surface area contributed by atoms with Crippen LogP contribution in [0.1, 0.15) is 30.9 Å². The summed E-state index contributed by atoms with van der Waals surface area (Å²) in [5.74, 6) is 0.186. The molecule has 1 aliphatic carbocycles. The van der Waals surface area contributed by atoms with Crippen LogP contribution in [-0.4, -0.2) is 23.3 Å². The van der Waals surface area contributed by atoms with Crippen LogP contribution in [0.3, 0.4) is 0 Å². The molecule has 2 amide bonds. The van der Waals surface area contributed by atoms with Gasteiger partial charge in [0.15, 0.2) is 5.13 Å². The van der Waals surface area contributed by atoms with Crippen molar-refractivity contribution in [1.29, 1.82) is 0 Å². The molecule has 2 heterocycles. The zero-order chi connectivity index (χ0) is 11.8. The van der Waals surface area contributed by atoms with Crippen molar-refractivity contribution in [3.8, 4) is 0 Å². The Morgan fingerprint density at radius 3 is 3.00 bits per heavy atom. The SMILES string of the molecule is O=C1CC(C(=O)Nc2nc(C3CC3)cs2)CN1. The smallest absolute Gasteiger partial charge is 0.231 e. The van der Waals surface area contributed by atoms with Crippen molar-refractivity contribution in [2.24, 2.45) is 5.92 Å². The first-order chi connectivity index (χ1) is 8.22. The van der Waals surface area contributed by atoms with Gasteiger partial charge < -0.3 is 10.6 Å². The molecule has 17 heavy (non-hydrogen) atoms. The molecule has 1 unspecified atom stereocenters. The van der Waals surface area contributed by atoms with Crippen LogP contribution in [0, 0.1) is 5.92 Å². The number of amides is 2. The van der Waals surface area contributed by atoms with E-state index < -0.39 is 0 Å². The highest BCUT2D eigenvalue weighted by molar-refractivity contribution is 7.13. The first-order valence-electron chi connectivity index (χ1n) is 5.75. The van der Waals surface area contributed by atoms with Gasteiger partial charge >= 0.3 is 0 Å². The Balaban J connectivity index is 1.61. The molecule has 1 aromatic heterocycles. The summed E-state index contributed by atoms with van der Waals surface area (Å²) < 4.78 is 0. The predicted molar refractivity (Wildman–Crippen MR) is 63.8 cm³/mol. The molecule has 90 valence electrons. The standard InChI is InChI=1S/C11H13N3O2S/c15-9-3-7(4-12-9)10(16)14-11-13-8(5-17-11)6-1-2-6/h5-7H,1-4H2,(H,12,15)(H,13,14,16). The van der Waals surface area contributed by atoms with E-state index in [2.05, 4.69) is 15.6 Å². The summed E-state index contributed by atoms with van der Waals surface area (Å²) in [4.78, 5) is 27.2. The molecule has 2 N–H and O–H groups in total. The number of rotatable bonds is 3. The lowest BCUT2D eigenvalue weighted by Gasteiger charge is -2.05. The second kappa shape index (κ2) is 4.10. The third kappa shape index (κ3) is 2.31. The lowest BCUT2D eigenvalue weighted by molar-refractivity contribution is -0.123. The predicted octanol–water partition coefficient (Wildman–Crippen LogP) is 1.10. The summed E-state index contributed by atoms with van der Waals surface area (Å²) in [6.07, 6.45) is 2.70. The van der Waals surface area contributed by atoms with Crippen molar-refractivity contribution < 1.29 is 9.59 Å². The molecule has 3 rings (SSSR count). The molecule has 0 bridgehead atoms. The van der Waals surface area contributed by atoms with E-state index in [4.69, 9.17) is 0 Å². The summed E-state index contributed by atoms with van der Waals surface area (Å²) in [7, 11) is 0. The van der Waals surface area contributed by atoms with Gasteiger partial charge in [-0.15, -0.1) is 11.3 Å². The Hall–Kier alpha value is -1.43. The molecule has 6 heteroatoms. The Morgan fingerprint density at radius 2 is 2.35 bits per heavy atom. The number of carbonyl (C=O) groups excluding carboxylic acids is 2. The van der Waals surface area contributed by atoms with E-state index in [1.807, 2.05) is 5.38 Å². The maximum atomic E-state index is 11.8. The third-order valence-corrected chi connectivity index (χ3v) is 3.87. The van der Waals surface area contributed by atoms with Crippen LogP contribution < -0.4 is 10.6 Å². The molecule has 2 fully saturated rings. The number of carbonyl (C=O) groups is 2. The van der Waals surface area contributed by atoms with Crippen molar-refractivity contribution >= 4 is 28.3 Å². The molecule has 1 atom stereocenters. The average Bonchev–Trinajstić information content (AvgIpc) is 2.90. The zero-order valence-corrected chi connectivity index (χ0v) is 10.0. The first kappa shape index (κ1) is 10.7. The number of nitrogens with one attached hydrogen (secondary N) is 2. The van der Waals surface area contributed by atoms with Gasteiger partial charge in [-0.05, 0) is 12.8 Å². The van der Waals surface area contributed by atoms with E-state index >= 15 is 0 Å². The lowest BCUT2D eigenvalue weighted by atomic mass is 10.1. The fourth-order valence-corrected chi connectivity index (χ4v) is 2.70. The topological polar surface area (TPSA) is 71.1 Å². The van der Waals surface area contributed by atoms with E-state index in [0.717, 1.165) is 5.69 Å². The van der Waals surface area contributed by atoms with E-state index in [-0.39, 0.29) is 24.2 Å². The number of anilines is 1. The minimum absolute atomic E-state index is 0.0528. The van der Waals surface area contributed by atoms with Gasteiger partial charge in [-0.2, -0.15) is 0 Å². The number of thiazole rings is 1. The van der Waals surface area contributed by atoms with Crippen molar-refractivity contribution in [2.75, 3.05) is 11.9 Å². The minimum atomic E-state index is -0.254. The molecule has 5 nitrogen and oxygen atoms in total. The van der Waals surface area contributed by atoms with Crippen LogP contribution in [0.15, 0.2) is 5.38 Å². The number of hydrogen-bond acceptors (Lipinski definition) is 4. The Kier molecular flexibility index (Phi) is 2.58. The largest absolute Gasteiger partial charge is 0.355 e. The highest BCUT2D eigenvalue weighted by Gasteiger charge is 2.29. The van der Waals surface area contributed by atoms with Gasteiger partial charge in [-0.25, -0.2) is 4.98 Å². The summed E-state index contributed by atoms with van der Waals surface area (Å²) >= 11 is 1.46. The van der Waals surface area contributed by atoms with E-state index in [1.165, 1.54) is 24.2 Å². The number of aromatic nitrogens is 1. The normalized spacial score (nSPS) is 23.5. The molecule has 0 aromatic carbocycles. The summed E-state index contributed by atoms with van der Waals surface area (Å²) in [5.41, 5.74) is 1.09. The molecule has 1 aliphatic heterocycles. The number of nitrogens with zero attached hydrogens (tertiary/aromatic N) is 1.